The van der Waals surface area contributed by atoms with Gasteiger partial charge in [0, 0.05) is 36.1 Å². The first kappa shape index (κ1) is 29.9. The molecule has 0 aliphatic rings. The van der Waals surface area contributed by atoms with Crippen LogP contribution in [0.5, 0.6) is 0 Å². The number of anilines is 1. The van der Waals surface area contributed by atoms with E-state index in [1.807, 2.05) is 32.9 Å². The van der Waals surface area contributed by atoms with Crippen molar-refractivity contribution in [3.8, 4) is 0 Å². The molecule has 1 N–H and O–H groups in total. The summed E-state index contributed by atoms with van der Waals surface area (Å²) in [6.45, 7) is 6.45. The molecule has 0 aromatic heterocycles. The Bertz CT molecular complexity index is 1160. The van der Waals surface area contributed by atoms with Crippen molar-refractivity contribution >= 4 is 50.7 Å². The summed E-state index contributed by atoms with van der Waals surface area (Å²) in [4.78, 5) is 27.9. The molecule has 0 unspecified atom stereocenters. The zero-order valence-electron chi connectivity index (χ0n) is 21.3. The lowest BCUT2D eigenvalue weighted by molar-refractivity contribution is -0.141. The number of sulfonamides is 1. The minimum atomic E-state index is -3.55. The van der Waals surface area contributed by atoms with E-state index in [1.54, 1.807) is 30.3 Å². The van der Waals surface area contributed by atoms with Gasteiger partial charge in [-0.1, -0.05) is 61.3 Å². The van der Waals surface area contributed by atoms with Crippen molar-refractivity contribution in [1.82, 2.24) is 10.2 Å². The minimum absolute atomic E-state index is 0.0701. The number of hydrogen-bond donors (Lipinski definition) is 1. The lowest BCUT2D eigenvalue weighted by Gasteiger charge is -2.31. The molecule has 0 radical (unpaired) electrons. The van der Waals surface area contributed by atoms with Crippen LogP contribution >= 0.6 is 23.2 Å². The first-order chi connectivity index (χ1) is 17.0. The van der Waals surface area contributed by atoms with Crippen LogP contribution in [0.2, 0.25) is 10.0 Å². The fourth-order valence-electron chi connectivity index (χ4n) is 3.94. The Morgan fingerprint density at radius 3 is 2.36 bits per heavy atom. The zero-order chi connectivity index (χ0) is 26.9. The van der Waals surface area contributed by atoms with Gasteiger partial charge in [0.05, 0.1) is 11.9 Å². The van der Waals surface area contributed by atoms with Crippen LogP contribution in [0.15, 0.2) is 42.5 Å². The van der Waals surface area contributed by atoms with E-state index >= 15 is 0 Å². The van der Waals surface area contributed by atoms with Gasteiger partial charge in [-0.15, -0.1) is 0 Å². The van der Waals surface area contributed by atoms with Gasteiger partial charge in [0.2, 0.25) is 21.8 Å². The third-order valence-electron chi connectivity index (χ3n) is 5.83. The topological polar surface area (TPSA) is 86.8 Å². The van der Waals surface area contributed by atoms with Gasteiger partial charge in [-0.05, 0) is 55.5 Å². The van der Waals surface area contributed by atoms with Gasteiger partial charge in [0.25, 0.3) is 0 Å². The summed E-state index contributed by atoms with van der Waals surface area (Å²) in [6, 6.07) is 11.6. The van der Waals surface area contributed by atoms with E-state index in [0.717, 1.165) is 18.2 Å². The summed E-state index contributed by atoms with van der Waals surface area (Å²) >= 11 is 12.4. The highest BCUT2D eigenvalue weighted by Gasteiger charge is 2.29. The number of nitrogens with zero attached hydrogens (tertiary/aromatic N) is 2. The molecule has 0 spiro atoms. The molecule has 0 aliphatic heterocycles. The Labute approximate surface area is 224 Å². The number of para-hydroxylation sites is 1. The Kier molecular flexibility index (Phi) is 11.5. The van der Waals surface area contributed by atoms with E-state index in [1.165, 1.54) is 9.21 Å². The van der Waals surface area contributed by atoms with Crippen LogP contribution in [0.1, 0.15) is 50.7 Å². The molecule has 0 fully saturated rings. The van der Waals surface area contributed by atoms with Crippen molar-refractivity contribution in [3.63, 3.8) is 0 Å². The van der Waals surface area contributed by atoms with Gasteiger partial charge in [-0.25, -0.2) is 8.42 Å². The van der Waals surface area contributed by atoms with Crippen molar-refractivity contribution in [1.29, 1.82) is 0 Å². The molecule has 2 aromatic rings. The predicted molar refractivity (Wildman–Crippen MR) is 147 cm³/mol. The van der Waals surface area contributed by atoms with Gasteiger partial charge in [0.1, 0.15) is 6.04 Å². The molecule has 0 bridgehead atoms. The van der Waals surface area contributed by atoms with Gasteiger partial charge in [-0.3, -0.25) is 13.9 Å². The van der Waals surface area contributed by atoms with Crippen LogP contribution in [-0.2, 0) is 26.2 Å². The number of hydrogen-bond acceptors (Lipinski definition) is 4. The Morgan fingerprint density at radius 2 is 1.78 bits per heavy atom. The number of halogens is 2. The van der Waals surface area contributed by atoms with Crippen molar-refractivity contribution < 1.29 is 18.0 Å². The van der Waals surface area contributed by atoms with Crippen LogP contribution < -0.4 is 9.62 Å². The van der Waals surface area contributed by atoms with Crippen molar-refractivity contribution in [3.05, 3.63) is 63.6 Å². The summed E-state index contributed by atoms with van der Waals surface area (Å²) in [5, 5.41) is 3.76. The highest BCUT2D eigenvalue weighted by molar-refractivity contribution is 7.92. The number of amides is 2. The molecule has 0 heterocycles. The molecule has 1 atom stereocenters. The Hall–Kier alpha value is -2.29. The standard InChI is InChI=1S/C26H35Cl2N3O4S/c1-5-15-29-26(33)23(6-2)30(18-20-13-14-21(27)17-22(20)28)25(32)12-9-16-31(36(4,34)35)24-11-8-7-10-19(24)3/h7-8,10-11,13-14,17,23H,5-6,9,12,15-16,18H2,1-4H3,(H,29,33)/t23-/m0/s1. The van der Waals surface area contributed by atoms with Gasteiger partial charge < -0.3 is 10.2 Å². The molecule has 2 amide bonds. The van der Waals surface area contributed by atoms with Crippen LogP contribution in [0, 0.1) is 6.92 Å². The molecule has 198 valence electrons. The van der Waals surface area contributed by atoms with Crippen LogP contribution in [0.3, 0.4) is 0 Å². The average molecular weight is 557 g/mol. The molecule has 2 rings (SSSR count). The normalized spacial score (nSPS) is 12.2. The van der Waals surface area contributed by atoms with E-state index < -0.39 is 16.1 Å². The number of carbonyl (C=O) groups excluding carboxylic acids is 2. The fourth-order valence-corrected chi connectivity index (χ4v) is 5.44. The number of rotatable bonds is 13. The number of nitrogens with one attached hydrogen (secondary N) is 1. The molecule has 0 aliphatic carbocycles. The van der Waals surface area contributed by atoms with E-state index in [-0.39, 0.29) is 37.7 Å². The second kappa shape index (κ2) is 13.9. The maximum absolute atomic E-state index is 13.4. The third-order valence-corrected chi connectivity index (χ3v) is 7.59. The lowest BCUT2D eigenvalue weighted by atomic mass is 10.1. The SMILES string of the molecule is CCCNC(=O)[C@H](CC)N(Cc1ccc(Cl)cc1Cl)C(=O)CCCN(c1ccccc1C)S(C)(=O)=O. The zero-order valence-corrected chi connectivity index (χ0v) is 23.6. The quantitative estimate of drug-likeness (QED) is 0.368. The van der Waals surface area contributed by atoms with Gasteiger partial charge in [-0.2, -0.15) is 0 Å². The molecule has 2 aromatic carbocycles. The fraction of sp³-hybridized carbons (Fsp3) is 0.462. The highest BCUT2D eigenvalue weighted by atomic mass is 35.5. The minimum Gasteiger partial charge on any atom is -0.354 e. The predicted octanol–water partition coefficient (Wildman–Crippen LogP) is 5.18. The van der Waals surface area contributed by atoms with Crippen molar-refractivity contribution in [2.45, 2.75) is 59.0 Å². The highest BCUT2D eigenvalue weighted by Crippen LogP contribution is 2.25. The van der Waals surface area contributed by atoms with Gasteiger partial charge in [0.15, 0.2) is 0 Å². The summed E-state index contributed by atoms with van der Waals surface area (Å²) in [6.07, 6.45) is 2.71. The molecule has 10 heteroatoms. The number of benzene rings is 2. The maximum Gasteiger partial charge on any atom is 0.242 e. The van der Waals surface area contributed by atoms with E-state index in [4.69, 9.17) is 23.2 Å². The first-order valence-corrected chi connectivity index (χ1v) is 14.6. The Balaban J connectivity index is 2.25. The van der Waals surface area contributed by atoms with E-state index in [9.17, 15) is 18.0 Å². The second-order valence-corrected chi connectivity index (χ2v) is 11.4. The molecule has 36 heavy (non-hydrogen) atoms. The molecular formula is C26H35Cl2N3O4S. The number of aryl methyl sites for hydroxylation is 1. The largest absolute Gasteiger partial charge is 0.354 e. The van der Waals surface area contributed by atoms with E-state index in [2.05, 4.69) is 5.32 Å². The third kappa shape index (κ3) is 8.39. The van der Waals surface area contributed by atoms with Crippen LogP contribution in [-0.4, -0.2) is 50.5 Å². The van der Waals surface area contributed by atoms with Crippen molar-refractivity contribution in [2.24, 2.45) is 0 Å². The summed E-state index contributed by atoms with van der Waals surface area (Å²) < 4.78 is 26.3. The monoisotopic (exact) mass is 555 g/mol. The molecule has 0 saturated carbocycles. The van der Waals surface area contributed by atoms with Crippen LogP contribution in [0.25, 0.3) is 0 Å². The smallest absolute Gasteiger partial charge is 0.242 e. The van der Waals surface area contributed by atoms with E-state index in [0.29, 0.717) is 34.3 Å². The second-order valence-electron chi connectivity index (χ2n) is 8.70. The van der Waals surface area contributed by atoms with Gasteiger partial charge >= 0.3 is 0 Å². The molecule has 0 saturated heterocycles. The van der Waals surface area contributed by atoms with Crippen LogP contribution in [0.4, 0.5) is 5.69 Å². The maximum atomic E-state index is 13.4. The average Bonchev–Trinajstić information content (AvgIpc) is 2.81. The summed E-state index contributed by atoms with van der Waals surface area (Å²) in [5.41, 5.74) is 2.09. The number of carbonyl (C=O) groups is 2. The molecule has 7 nitrogen and oxygen atoms in total. The summed E-state index contributed by atoms with van der Waals surface area (Å²) in [7, 11) is -3.55. The lowest BCUT2D eigenvalue weighted by Crippen LogP contribution is -2.49. The Morgan fingerprint density at radius 1 is 1.08 bits per heavy atom. The first-order valence-electron chi connectivity index (χ1n) is 12.0. The van der Waals surface area contributed by atoms with Crippen molar-refractivity contribution in [2.75, 3.05) is 23.7 Å². The molecular weight excluding hydrogens is 521 g/mol. The summed E-state index contributed by atoms with van der Waals surface area (Å²) in [5.74, 6) is -0.479.